The number of nitrogens with zero attached hydrogens (tertiary/aromatic N) is 1. The zero-order valence-electron chi connectivity index (χ0n) is 13.9. The van der Waals surface area contributed by atoms with Crippen LogP contribution in [-0.4, -0.2) is 5.71 Å². The van der Waals surface area contributed by atoms with Crippen molar-refractivity contribution in [2.75, 3.05) is 10.7 Å². The Balaban J connectivity index is 1.57. The van der Waals surface area contributed by atoms with Gasteiger partial charge < -0.3 is 5.32 Å². The molecule has 3 nitrogen and oxygen atoms in total. The van der Waals surface area contributed by atoms with E-state index in [2.05, 4.69) is 21.9 Å². The van der Waals surface area contributed by atoms with Crippen molar-refractivity contribution < 1.29 is 8.78 Å². The lowest BCUT2D eigenvalue weighted by Gasteiger charge is -2.21. The van der Waals surface area contributed by atoms with E-state index < -0.39 is 11.6 Å². The van der Waals surface area contributed by atoms with E-state index in [4.69, 9.17) is 0 Å². The monoisotopic (exact) mass is 367 g/mol. The third-order valence-corrected chi connectivity index (χ3v) is 5.20. The van der Waals surface area contributed by atoms with Crippen molar-refractivity contribution in [2.24, 2.45) is 5.10 Å². The van der Waals surface area contributed by atoms with E-state index in [1.54, 1.807) is 11.8 Å². The smallest absolute Gasteiger partial charge is 0.151 e. The second-order valence-corrected chi connectivity index (χ2v) is 6.95. The summed E-state index contributed by atoms with van der Waals surface area (Å²) in [5.74, 6) is -1.30. The van der Waals surface area contributed by atoms with Crippen LogP contribution in [0.3, 0.4) is 0 Å². The molecule has 130 valence electrons. The SMILES string of the molecule is C/C(=N/Nc1ccc(F)cc1F)c1ccc2c(c1)Nc1ccccc1S2. The summed E-state index contributed by atoms with van der Waals surface area (Å²) in [4.78, 5) is 2.32. The molecule has 0 radical (unpaired) electrons. The lowest BCUT2D eigenvalue weighted by Crippen LogP contribution is -2.04. The van der Waals surface area contributed by atoms with Gasteiger partial charge in [-0.05, 0) is 48.9 Å². The van der Waals surface area contributed by atoms with Crippen LogP contribution in [0.2, 0.25) is 0 Å². The van der Waals surface area contributed by atoms with Gasteiger partial charge in [0, 0.05) is 15.9 Å². The minimum absolute atomic E-state index is 0.131. The van der Waals surface area contributed by atoms with Crippen molar-refractivity contribution in [3.8, 4) is 0 Å². The van der Waals surface area contributed by atoms with Crippen LogP contribution < -0.4 is 10.7 Å². The molecule has 1 aliphatic rings. The van der Waals surface area contributed by atoms with Gasteiger partial charge in [-0.1, -0.05) is 30.0 Å². The molecule has 4 rings (SSSR count). The number of hydrogen-bond donors (Lipinski definition) is 2. The number of benzene rings is 3. The normalized spacial score (nSPS) is 12.8. The molecule has 6 heteroatoms. The molecule has 0 saturated heterocycles. The topological polar surface area (TPSA) is 36.4 Å². The van der Waals surface area contributed by atoms with Gasteiger partial charge in [-0.2, -0.15) is 5.10 Å². The van der Waals surface area contributed by atoms with Crippen molar-refractivity contribution in [3.05, 3.63) is 77.9 Å². The summed E-state index contributed by atoms with van der Waals surface area (Å²) in [5, 5.41) is 7.64. The Bertz CT molecular complexity index is 1020. The second kappa shape index (κ2) is 6.80. The standard InChI is InChI=1S/C20H15F2N3S/c1-12(24-25-16-8-7-14(21)11-15(16)22)13-6-9-20-18(10-13)23-17-4-2-3-5-19(17)26-20/h2-11,23,25H,1H3/b24-12-. The fourth-order valence-corrected chi connectivity index (χ4v) is 3.62. The van der Waals surface area contributed by atoms with E-state index in [9.17, 15) is 8.78 Å². The molecule has 0 atom stereocenters. The van der Waals surface area contributed by atoms with Crippen molar-refractivity contribution >= 4 is 34.5 Å². The average Bonchev–Trinajstić information content (AvgIpc) is 2.65. The summed E-state index contributed by atoms with van der Waals surface area (Å²) < 4.78 is 26.6. The van der Waals surface area contributed by atoms with Gasteiger partial charge in [0.1, 0.15) is 5.82 Å². The summed E-state index contributed by atoms with van der Waals surface area (Å²) in [6, 6.07) is 17.5. The minimum Gasteiger partial charge on any atom is -0.354 e. The number of rotatable bonds is 3. The van der Waals surface area contributed by atoms with Crippen LogP contribution in [0, 0.1) is 11.6 Å². The molecule has 1 aliphatic heterocycles. The quantitative estimate of drug-likeness (QED) is 0.344. The first-order valence-corrected chi connectivity index (χ1v) is 8.85. The van der Waals surface area contributed by atoms with Gasteiger partial charge in [0.2, 0.25) is 0 Å². The Morgan fingerprint density at radius 1 is 0.962 bits per heavy atom. The lowest BCUT2D eigenvalue weighted by molar-refractivity contribution is 0.585. The third-order valence-electron chi connectivity index (χ3n) is 4.05. The van der Waals surface area contributed by atoms with Gasteiger partial charge in [-0.15, -0.1) is 0 Å². The maximum absolute atomic E-state index is 13.7. The van der Waals surface area contributed by atoms with Gasteiger partial charge in [0.25, 0.3) is 0 Å². The molecular weight excluding hydrogens is 352 g/mol. The molecule has 0 bridgehead atoms. The maximum atomic E-state index is 13.7. The molecule has 0 saturated carbocycles. The Kier molecular flexibility index (Phi) is 4.34. The van der Waals surface area contributed by atoms with Crippen LogP contribution in [0.1, 0.15) is 12.5 Å². The van der Waals surface area contributed by atoms with Gasteiger partial charge in [0.15, 0.2) is 5.82 Å². The summed E-state index contributed by atoms with van der Waals surface area (Å²) in [5.41, 5.74) is 6.47. The lowest BCUT2D eigenvalue weighted by atomic mass is 10.1. The highest BCUT2D eigenvalue weighted by Crippen LogP contribution is 2.44. The van der Waals surface area contributed by atoms with Crippen LogP contribution in [0.4, 0.5) is 25.8 Å². The highest BCUT2D eigenvalue weighted by atomic mass is 32.2. The van der Waals surface area contributed by atoms with E-state index in [0.717, 1.165) is 27.9 Å². The molecule has 0 amide bonds. The van der Waals surface area contributed by atoms with E-state index in [0.29, 0.717) is 5.71 Å². The average molecular weight is 367 g/mol. The van der Waals surface area contributed by atoms with Crippen molar-refractivity contribution in [2.45, 2.75) is 16.7 Å². The first kappa shape index (κ1) is 16.6. The van der Waals surface area contributed by atoms with Crippen LogP contribution in [0.5, 0.6) is 0 Å². The number of hydrazone groups is 1. The number of fused-ring (bicyclic) bond motifs is 2. The first-order chi connectivity index (χ1) is 12.6. The van der Waals surface area contributed by atoms with Gasteiger partial charge in [-0.3, -0.25) is 5.43 Å². The van der Waals surface area contributed by atoms with Crippen LogP contribution >= 0.6 is 11.8 Å². The molecule has 0 aromatic heterocycles. The third kappa shape index (κ3) is 3.28. The molecule has 1 heterocycles. The number of anilines is 3. The molecule has 0 aliphatic carbocycles. The van der Waals surface area contributed by atoms with Crippen molar-refractivity contribution in [1.82, 2.24) is 0 Å². The summed E-state index contributed by atoms with van der Waals surface area (Å²) in [6.45, 7) is 1.83. The van der Waals surface area contributed by atoms with Crippen molar-refractivity contribution in [3.63, 3.8) is 0 Å². The van der Waals surface area contributed by atoms with Crippen LogP contribution in [-0.2, 0) is 0 Å². The summed E-state index contributed by atoms with van der Waals surface area (Å²) in [7, 11) is 0. The van der Waals surface area contributed by atoms with Crippen LogP contribution in [0.25, 0.3) is 0 Å². The fourth-order valence-electron chi connectivity index (χ4n) is 2.65. The van der Waals surface area contributed by atoms with Gasteiger partial charge in [-0.25, -0.2) is 8.78 Å². The van der Waals surface area contributed by atoms with E-state index >= 15 is 0 Å². The van der Waals surface area contributed by atoms with Crippen molar-refractivity contribution in [1.29, 1.82) is 0 Å². The highest BCUT2D eigenvalue weighted by molar-refractivity contribution is 7.99. The molecule has 0 unspecified atom stereocenters. The summed E-state index contributed by atoms with van der Waals surface area (Å²) >= 11 is 1.71. The second-order valence-electron chi connectivity index (χ2n) is 5.87. The molecule has 0 fully saturated rings. The molecule has 26 heavy (non-hydrogen) atoms. The number of halogens is 2. The van der Waals surface area contributed by atoms with Crippen LogP contribution in [0.15, 0.2) is 75.6 Å². The Morgan fingerprint density at radius 2 is 1.77 bits per heavy atom. The zero-order chi connectivity index (χ0) is 18.1. The maximum Gasteiger partial charge on any atom is 0.151 e. The Hall–Kier alpha value is -2.86. The Labute approximate surface area is 154 Å². The van der Waals surface area contributed by atoms with E-state index in [-0.39, 0.29) is 5.69 Å². The molecule has 3 aromatic carbocycles. The largest absolute Gasteiger partial charge is 0.354 e. The zero-order valence-corrected chi connectivity index (χ0v) is 14.7. The minimum atomic E-state index is -0.679. The number of hydrogen-bond acceptors (Lipinski definition) is 4. The van der Waals surface area contributed by atoms with Gasteiger partial charge in [0.05, 0.1) is 22.8 Å². The molecule has 3 aromatic rings. The molecule has 2 N–H and O–H groups in total. The predicted octanol–water partition coefficient (Wildman–Crippen LogP) is 6.01. The Morgan fingerprint density at radius 3 is 2.62 bits per heavy atom. The number of nitrogens with one attached hydrogen (secondary N) is 2. The molecular formula is C20H15F2N3S. The summed E-state index contributed by atoms with van der Waals surface area (Å²) in [6.07, 6.45) is 0. The molecule has 0 spiro atoms. The van der Waals surface area contributed by atoms with E-state index in [1.165, 1.54) is 17.0 Å². The predicted molar refractivity (Wildman–Crippen MR) is 102 cm³/mol. The van der Waals surface area contributed by atoms with Gasteiger partial charge >= 0.3 is 0 Å². The number of para-hydroxylation sites is 1. The first-order valence-electron chi connectivity index (χ1n) is 8.04. The van der Waals surface area contributed by atoms with E-state index in [1.807, 2.05) is 43.3 Å². The highest BCUT2D eigenvalue weighted by Gasteiger charge is 2.15. The fraction of sp³-hybridized carbons (Fsp3) is 0.0500.